The van der Waals surface area contributed by atoms with Crippen molar-refractivity contribution in [3.63, 3.8) is 0 Å². The Bertz CT molecular complexity index is 609. The molecule has 2 nitrogen and oxygen atoms in total. The molecule has 2 aromatic rings. The molecular formula is C16H18ClFN2S. The van der Waals surface area contributed by atoms with Crippen LogP contribution in [0.1, 0.15) is 22.0 Å². The van der Waals surface area contributed by atoms with E-state index in [1.807, 2.05) is 18.4 Å². The number of nitrogens with zero attached hydrogens (tertiary/aromatic N) is 1. The van der Waals surface area contributed by atoms with E-state index in [2.05, 4.69) is 16.3 Å². The minimum atomic E-state index is -0.220. The zero-order chi connectivity index (χ0) is 14.8. The lowest BCUT2D eigenvalue weighted by atomic mass is 9.99. The fraction of sp³-hybridized carbons (Fsp3) is 0.375. The number of aryl methyl sites for hydroxylation is 1. The lowest BCUT2D eigenvalue weighted by Crippen LogP contribution is -2.45. The maximum Gasteiger partial charge on any atom is 0.129 e. The van der Waals surface area contributed by atoms with Gasteiger partial charge in [-0.05, 0) is 30.0 Å². The molecule has 112 valence electrons. The Morgan fingerprint density at radius 3 is 2.71 bits per heavy atom. The summed E-state index contributed by atoms with van der Waals surface area (Å²) in [5, 5.41) is 5.92. The average molecular weight is 325 g/mol. The van der Waals surface area contributed by atoms with Crippen LogP contribution in [0, 0.1) is 12.7 Å². The molecule has 0 spiro atoms. The predicted molar refractivity (Wildman–Crippen MR) is 86.8 cm³/mol. The third-order valence-corrected chi connectivity index (χ3v) is 5.35. The summed E-state index contributed by atoms with van der Waals surface area (Å²) >= 11 is 8.11. The van der Waals surface area contributed by atoms with Crippen molar-refractivity contribution in [1.29, 1.82) is 0 Å². The monoisotopic (exact) mass is 324 g/mol. The van der Waals surface area contributed by atoms with E-state index in [0.717, 1.165) is 36.6 Å². The topological polar surface area (TPSA) is 15.3 Å². The number of hydrogen-bond donors (Lipinski definition) is 1. The van der Waals surface area contributed by atoms with Gasteiger partial charge in [-0.25, -0.2) is 4.39 Å². The first-order valence-corrected chi connectivity index (χ1v) is 8.37. The van der Waals surface area contributed by atoms with Gasteiger partial charge in [-0.2, -0.15) is 0 Å². The van der Waals surface area contributed by atoms with Crippen LogP contribution >= 0.6 is 22.9 Å². The van der Waals surface area contributed by atoms with Gasteiger partial charge in [-0.1, -0.05) is 23.7 Å². The molecule has 0 aliphatic carbocycles. The maximum absolute atomic E-state index is 14.5. The minimum absolute atomic E-state index is 0.0977. The summed E-state index contributed by atoms with van der Waals surface area (Å²) in [5.41, 5.74) is 1.53. The van der Waals surface area contributed by atoms with E-state index in [1.165, 1.54) is 6.07 Å². The fourth-order valence-electron chi connectivity index (χ4n) is 2.82. The third kappa shape index (κ3) is 2.99. The van der Waals surface area contributed by atoms with Gasteiger partial charge in [0.15, 0.2) is 0 Å². The lowest BCUT2D eigenvalue weighted by molar-refractivity contribution is 0.197. The predicted octanol–water partition coefficient (Wildman–Crippen LogP) is 3.84. The number of piperazine rings is 1. The van der Waals surface area contributed by atoms with E-state index in [0.29, 0.717) is 10.6 Å². The van der Waals surface area contributed by atoms with Crippen molar-refractivity contribution in [2.75, 3.05) is 26.2 Å². The van der Waals surface area contributed by atoms with Gasteiger partial charge in [0.05, 0.1) is 11.1 Å². The van der Waals surface area contributed by atoms with Crippen LogP contribution in [0.5, 0.6) is 0 Å². The van der Waals surface area contributed by atoms with Gasteiger partial charge in [0.1, 0.15) is 5.82 Å². The Morgan fingerprint density at radius 1 is 1.29 bits per heavy atom. The molecule has 1 aliphatic rings. The highest BCUT2D eigenvalue weighted by molar-refractivity contribution is 7.10. The summed E-state index contributed by atoms with van der Waals surface area (Å²) < 4.78 is 14.5. The zero-order valence-corrected chi connectivity index (χ0v) is 13.5. The van der Waals surface area contributed by atoms with Crippen LogP contribution in [0.25, 0.3) is 0 Å². The van der Waals surface area contributed by atoms with Crippen molar-refractivity contribution in [3.05, 3.63) is 56.5 Å². The number of nitrogens with one attached hydrogen (secondary N) is 1. The normalized spacial score (nSPS) is 17.9. The Labute approximate surface area is 133 Å². The second kappa shape index (κ2) is 6.44. The quantitative estimate of drug-likeness (QED) is 0.922. The Balaban J connectivity index is 2.09. The highest BCUT2D eigenvalue weighted by Gasteiger charge is 2.29. The summed E-state index contributed by atoms with van der Waals surface area (Å²) in [5.74, 6) is -0.220. The first-order chi connectivity index (χ1) is 10.2. The van der Waals surface area contributed by atoms with E-state index in [4.69, 9.17) is 11.6 Å². The SMILES string of the molecule is Cc1ccc(F)c([C@H](c2cccs2)N2CCNCC2)c1Cl. The second-order valence-corrected chi connectivity index (χ2v) is 6.65. The molecule has 0 radical (unpaired) electrons. The van der Waals surface area contributed by atoms with Crippen molar-refractivity contribution in [2.45, 2.75) is 13.0 Å². The molecule has 0 unspecified atom stereocenters. The highest BCUT2D eigenvalue weighted by Crippen LogP contribution is 2.38. The molecular weight excluding hydrogens is 307 g/mol. The number of benzene rings is 1. The lowest BCUT2D eigenvalue weighted by Gasteiger charge is -2.35. The smallest absolute Gasteiger partial charge is 0.129 e. The minimum Gasteiger partial charge on any atom is -0.314 e. The average Bonchev–Trinajstić information content (AvgIpc) is 3.02. The highest BCUT2D eigenvalue weighted by atomic mass is 35.5. The number of halogens is 2. The van der Waals surface area contributed by atoms with E-state index in [1.54, 1.807) is 17.4 Å². The Kier molecular flexibility index (Phi) is 4.60. The van der Waals surface area contributed by atoms with Crippen molar-refractivity contribution in [2.24, 2.45) is 0 Å². The van der Waals surface area contributed by atoms with Gasteiger partial charge < -0.3 is 5.32 Å². The summed E-state index contributed by atoms with van der Waals surface area (Å²) in [6, 6.07) is 7.25. The Hall–Kier alpha value is -0.940. The first kappa shape index (κ1) is 15.0. The Morgan fingerprint density at radius 2 is 2.05 bits per heavy atom. The van der Waals surface area contributed by atoms with Crippen LogP contribution in [-0.2, 0) is 0 Å². The third-order valence-electron chi connectivity index (χ3n) is 3.92. The summed E-state index contributed by atoms with van der Waals surface area (Å²) in [6.45, 7) is 5.56. The molecule has 1 fully saturated rings. The van der Waals surface area contributed by atoms with Crippen molar-refractivity contribution >= 4 is 22.9 Å². The largest absolute Gasteiger partial charge is 0.314 e. The molecule has 0 bridgehead atoms. The van der Waals surface area contributed by atoms with Gasteiger partial charge in [0.25, 0.3) is 0 Å². The van der Waals surface area contributed by atoms with Gasteiger partial charge in [0.2, 0.25) is 0 Å². The van der Waals surface area contributed by atoms with E-state index in [9.17, 15) is 4.39 Å². The molecule has 5 heteroatoms. The van der Waals surface area contributed by atoms with Gasteiger partial charge in [-0.3, -0.25) is 4.90 Å². The van der Waals surface area contributed by atoms with Crippen molar-refractivity contribution < 1.29 is 4.39 Å². The van der Waals surface area contributed by atoms with Crippen LogP contribution in [0.3, 0.4) is 0 Å². The second-order valence-electron chi connectivity index (χ2n) is 5.30. The molecule has 0 saturated carbocycles. The van der Waals surface area contributed by atoms with Gasteiger partial charge in [-0.15, -0.1) is 11.3 Å². The van der Waals surface area contributed by atoms with Crippen molar-refractivity contribution in [3.8, 4) is 0 Å². The van der Waals surface area contributed by atoms with E-state index >= 15 is 0 Å². The van der Waals surface area contributed by atoms with Crippen LogP contribution in [0.15, 0.2) is 29.6 Å². The van der Waals surface area contributed by atoms with E-state index in [-0.39, 0.29) is 11.9 Å². The molecule has 0 amide bonds. The molecule has 1 N–H and O–H groups in total. The van der Waals surface area contributed by atoms with E-state index < -0.39 is 0 Å². The molecule has 2 heterocycles. The summed E-state index contributed by atoms with van der Waals surface area (Å²) in [7, 11) is 0. The standard InChI is InChI=1S/C16H18ClFN2S/c1-11-4-5-12(18)14(15(11)17)16(13-3-2-10-21-13)20-8-6-19-7-9-20/h2-5,10,16,19H,6-9H2,1H3/t16-/m0/s1. The number of rotatable bonds is 3. The van der Waals surface area contributed by atoms with Crippen LogP contribution < -0.4 is 5.32 Å². The molecule has 1 atom stereocenters. The van der Waals surface area contributed by atoms with Gasteiger partial charge in [0, 0.05) is 36.6 Å². The molecule has 1 aromatic heterocycles. The van der Waals surface area contributed by atoms with Crippen LogP contribution in [0.4, 0.5) is 4.39 Å². The molecule has 3 rings (SSSR count). The van der Waals surface area contributed by atoms with Crippen molar-refractivity contribution in [1.82, 2.24) is 10.2 Å². The summed E-state index contributed by atoms with van der Waals surface area (Å²) in [4.78, 5) is 3.45. The summed E-state index contributed by atoms with van der Waals surface area (Å²) in [6.07, 6.45) is 0. The maximum atomic E-state index is 14.5. The van der Waals surface area contributed by atoms with Crippen LogP contribution in [-0.4, -0.2) is 31.1 Å². The number of hydrogen-bond acceptors (Lipinski definition) is 3. The molecule has 1 aromatic carbocycles. The van der Waals surface area contributed by atoms with Crippen LogP contribution in [0.2, 0.25) is 5.02 Å². The molecule has 21 heavy (non-hydrogen) atoms. The molecule has 1 aliphatic heterocycles. The fourth-order valence-corrected chi connectivity index (χ4v) is 3.94. The zero-order valence-electron chi connectivity index (χ0n) is 11.9. The molecule has 1 saturated heterocycles. The van der Waals surface area contributed by atoms with Gasteiger partial charge >= 0.3 is 0 Å². The number of thiophene rings is 1. The first-order valence-electron chi connectivity index (χ1n) is 7.11.